The Hall–Kier alpha value is -1.40. The summed E-state index contributed by atoms with van der Waals surface area (Å²) < 4.78 is 0. The van der Waals surface area contributed by atoms with Gasteiger partial charge in [0.1, 0.15) is 0 Å². The zero-order chi connectivity index (χ0) is 16.8. The van der Waals surface area contributed by atoms with Gasteiger partial charge in [-0.1, -0.05) is 13.3 Å². The molecule has 0 unspecified atom stereocenters. The van der Waals surface area contributed by atoms with Gasteiger partial charge in [-0.3, -0.25) is 9.59 Å². The molecule has 2 N–H and O–H groups in total. The second-order valence-corrected chi connectivity index (χ2v) is 7.33. The Morgan fingerprint density at radius 1 is 1.39 bits per heavy atom. The van der Waals surface area contributed by atoms with Gasteiger partial charge in [0.25, 0.3) is 5.91 Å². The molecule has 1 aromatic heterocycles. The molecule has 1 fully saturated rings. The number of likely N-dealkylation sites (tertiary alicyclic amines) is 1. The van der Waals surface area contributed by atoms with Gasteiger partial charge in [0.15, 0.2) is 0 Å². The number of thiophene rings is 1. The molecule has 23 heavy (non-hydrogen) atoms. The molecule has 0 spiro atoms. The molecule has 6 heteroatoms. The molecule has 2 heterocycles. The number of carbonyl (C=O) groups is 2. The molecule has 1 aliphatic rings. The summed E-state index contributed by atoms with van der Waals surface area (Å²) in [6.45, 7) is 6.09. The van der Waals surface area contributed by atoms with Gasteiger partial charge in [-0.15, -0.1) is 11.3 Å². The van der Waals surface area contributed by atoms with Crippen LogP contribution in [0.3, 0.4) is 0 Å². The zero-order valence-electron chi connectivity index (χ0n) is 14.1. The summed E-state index contributed by atoms with van der Waals surface area (Å²) in [5.41, 5.74) is 5.67. The highest BCUT2D eigenvalue weighted by Crippen LogP contribution is 2.22. The van der Waals surface area contributed by atoms with E-state index < -0.39 is 5.91 Å². The minimum atomic E-state index is -0.478. The molecular formula is C17H27N3O2S. The van der Waals surface area contributed by atoms with Crippen molar-refractivity contribution in [1.82, 2.24) is 9.80 Å². The monoisotopic (exact) mass is 337 g/mol. The van der Waals surface area contributed by atoms with E-state index in [-0.39, 0.29) is 5.91 Å². The van der Waals surface area contributed by atoms with Crippen LogP contribution in [0.4, 0.5) is 0 Å². The number of unbranched alkanes of at least 4 members (excludes halogenated alkanes) is 1. The van der Waals surface area contributed by atoms with Gasteiger partial charge in [-0.2, -0.15) is 0 Å². The molecule has 0 bridgehead atoms. The van der Waals surface area contributed by atoms with Crippen molar-refractivity contribution in [2.24, 2.45) is 11.7 Å². The lowest BCUT2D eigenvalue weighted by Crippen LogP contribution is -2.41. The third-order valence-corrected chi connectivity index (χ3v) is 5.38. The van der Waals surface area contributed by atoms with Crippen LogP contribution >= 0.6 is 11.3 Å². The number of primary amides is 1. The van der Waals surface area contributed by atoms with E-state index in [9.17, 15) is 9.59 Å². The van der Waals surface area contributed by atoms with Crippen LogP contribution in [-0.2, 0) is 0 Å². The lowest BCUT2D eigenvalue weighted by Gasteiger charge is -2.33. The van der Waals surface area contributed by atoms with Gasteiger partial charge in [0.05, 0.1) is 10.4 Å². The molecule has 0 radical (unpaired) electrons. The predicted octanol–water partition coefficient (Wildman–Crippen LogP) is 2.43. The van der Waals surface area contributed by atoms with Gasteiger partial charge in [0.2, 0.25) is 5.91 Å². The van der Waals surface area contributed by atoms with Crippen molar-refractivity contribution in [3.05, 3.63) is 21.9 Å². The molecule has 1 aliphatic heterocycles. The van der Waals surface area contributed by atoms with Crippen molar-refractivity contribution in [3.8, 4) is 0 Å². The molecule has 2 amide bonds. The van der Waals surface area contributed by atoms with E-state index in [0.717, 1.165) is 39.0 Å². The highest BCUT2D eigenvalue weighted by atomic mass is 32.1. The van der Waals surface area contributed by atoms with Gasteiger partial charge < -0.3 is 15.5 Å². The minimum absolute atomic E-state index is 0.0280. The summed E-state index contributed by atoms with van der Waals surface area (Å²) in [7, 11) is 2.18. The van der Waals surface area contributed by atoms with Crippen LogP contribution in [-0.4, -0.2) is 54.8 Å². The summed E-state index contributed by atoms with van der Waals surface area (Å²) in [4.78, 5) is 28.5. The van der Waals surface area contributed by atoms with Crippen molar-refractivity contribution in [3.63, 3.8) is 0 Å². The molecule has 5 nitrogen and oxygen atoms in total. The topological polar surface area (TPSA) is 66.6 Å². The molecule has 1 aromatic rings. The first kappa shape index (κ1) is 17.9. The first-order valence-corrected chi connectivity index (χ1v) is 9.25. The largest absolute Gasteiger partial charge is 0.366 e. The first-order chi connectivity index (χ1) is 11.0. The van der Waals surface area contributed by atoms with Crippen molar-refractivity contribution >= 4 is 23.2 Å². The van der Waals surface area contributed by atoms with Gasteiger partial charge in [0, 0.05) is 25.0 Å². The van der Waals surface area contributed by atoms with Crippen LogP contribution in [0, 0.1) is 5.92 Å². The molecule has 0 aromatic carbocycles. The highest BCUT2D eigenvalue weighted by molar-refractivity contribution is 7.12. The van der Waals surface area contributed by atoms with E-state index in [1.807, 2.05) is 4.90 Å². The number of nitrogens with two attached hydrogens (primary N) is 1. The standard InChI is InChI=1S/C17H27N3O2S/c1-3-4-7-19(2)11-13-5-8-20(9-6-13)17(22)15-10-14(12-23-15)16(18)21/h10,12-13H,3-9,11H2,1-2H3,(H2,18,21). The predicted molar refractivity (Wildman–Crippen MR) is 93.9 cm³/mol. The third kappa shape index (κ3) is 5.04. The summed E-state index contributed by atoms with van der Waals surface area (Å²) in [6.07, 6.45) is 4.58. The molecule has 0 atom stereocenters. The number of rotatable bonds is 7. The Labute approximate surface area is 142 Å². The van der Waals surface area contributed by atoms with Gasteiger partial charge in [-0.25, -0.2) is 0 Å². The lowest BCUT2D eigenvalue weighted by molar-refractivity contribution is 0.0678. The van der Waals surface area contributed by atoms with Gasteiger partial charge in [-0.05, 0) is 44.8 Å². The average Bonchev–Trinajstić information content (AvgIpc) is 3.03. The third-order valence-electron chi connectivity index (χ3n) is 4.46. The fourth-order valence-electron chi connectivity index (χ4n) is 3.01. The number of carbonyl (C=O) groups excluding carboxylic acids is 2. The minimum Gasteiger partial charge on any atom is -0.366 e. The average molecular weight is 337 g/mol. The summed E-state index contributed by atoms with van der Waals surface area (Å²) in [5, 5.41) is 1.66. The Morgan fingerprint density at radius 2 is 2.09 bits per heavy atom. The van der Waals surface area contributed by atoms with Crippen LogP contribution in [0.2, 0.25) is 0 Å². The van der Waals surface area contributed by atoms with Crippen LogP contribution in [0.25, 0.3) is 0 Å². The quantitative estimate of drug-likeness (QED) is 0.831. The number of hydrogen-bond donors (Lipinski definition) is 1. The maximum Gasteiger partial charge on any atom is 0.263 e. The van der Waals surface area contributed by atoms with E-state index >= 15 is 0 Å². The summed E-state index contributed by atoms with van der Waals surface area (Å²) in [6, 6.07) is 1.61. The number of amides is 2. The smallest absolute Gasteiger partial charge is 0.263 e. The molecule has 128 valence electrons. The van der Waals surface area contributed by atoms with E-state index in [1.165, 1.54) is 24.2 Å². The Bertz CT molecular complexity index is 536. The van der Waals surface area contributed by atoms with Crippen molar-refractivity contribution in [2.75, 3.05) is 33.2 Å². The van der Waals surface area contributed by atoms with Crippen LogP contribution in [0.15, 0.2) is 11.4 Å². The Morgan fingerprint density at radius 3 is 2.65 bits per heavy atom. The molecule has 0 saturated carbocycles. The normalized spacial score (nSPS) is 16.0. The highest BCUT2D eigenvalue weighted by Gasteiger charge is 2.25. The van der Waals surface area contributed by atoms with Gasteiger partial charge >= 0.3 is 0 Å². The summed E-state index contributed by atoms with van der Waals surface area (Å²) in [5.74, 6) is 0.222. The summed E-state index contributed by atoms with van der Waals surface area (Å²) >= 11 is 1.30. The molecule has 1 saturated heterocycles. The van der Waals surface area contributed by atoms with E-state index in [4.69, 9.17) is 5.73 Å². The second-order valence-electron chi connectivity index (χ2n) is 6.42. The van der Waals surface area contributed by atoms with E-state index in [2.05, 4.69) is 18.9 Å². The second kappa shape index (κ2) is 8.45. The first-order valence-electron chi connectivity index (χ1n) is 8.37. The fourth-order valence-corrected chi connectivity index (χ4v) is 3.88. The van der Waals surface area contributed by atoms with Crippen LogP contribution in [0.5, 0.6) is 0 Å². The fraction of sp³-hybridized carbons (Fsp3) is 0.647. The molecule has 0 aliphatic carbocycles. The SMILES string of the molecule is CCCCN(C)CC1CCN(C(=O)c2cc(C(N)=O)cs2)CC1. The molecular weight excluding hydrogens is 310 g/mol. The van der Waals surface area contributed by atoms with Crippen molar-refractivity contribution < 1.29 is 9.59 Å². The maximum atomic E-state index is 12.5. The van der Waals surface area contributed by atoms with Crippen molar-refractivity contribution in [2.45, 2.75) is 32.6 Å². The Kier molecular flexibility index (Phi) is 6.59. The number of piperidine rings is 1. The van der Waals surface area contributed by atoms with Crippen molar-refractivity contribution in [1.29, 1.82) is 0 Å². The zero-order valence-corrected chi connectivity index (χ0v) is 14.9. The van der Waals surface area contributed by atoms with E-state index in [1.54, 1.807) is 11.4 Å². The van der Waals surface area contributed by atoms with Crippen LogP contribution < -0.4 is 5.73 Å². The lowest BCUT2D eigenvalue weighted by atomic mass is 9.96. The maximum absolute atomic E-state index is 12.5. The molecule has 2 rings (SSSR count). The van der Waals surface area contributed by atoms with Crippen LogP contribution in [0.1, 0.15) is 52.6 Å². The Balaban J connectivity index is 1.81. The number of nitrogens with zero attached hydrogens (tertiary/aromatic N) is 2. The van der Waals surface area contributed by atoms with E-state index in [0.29, 0.717) is 16.4 Å². The number of hydrogen-bond acceptors (Lipinski definition) is 4.